The van der Waals surface area contributed by atoms with E-state index in [2.05, 4.69) is 10.6 Å². The van der Waals surface area contributed by atoms with Crippen molar-refractivity contribution in [1.29, 1.82) is 0 Å². The molecule has 2 rings (SSSR count). The number of phenolic OH excluding ortho intramolecular Hbond substituents is 1. The highest BCUT2D eigenvalue weighted by atomic mass is 16.6. The van der Waals surface area contributed by atoms with Crippen LogP contribution in [0.15, 0.2) is 36.4 Å². The van der Waals surface area contributed by atoms with Gasteiger partial charge < -0.3 is 20.5 Å². The Morgan fingerprint density at radius 1 is 1.17 bits per heavy atom. The quantitative estimate of drug-likeness (QED) is 0.812. The van der Waals surface area contributed by atoms with E-state index in [9.17, 15) is 14.7 Å². The lowest BCUT2D eigenvalue weighted by Gasteiger charge is -2.19. The Morgan fingerprint density at radius 3 is 2.61 bits per heavy atom. The van der Waals surface area contributed by atoms with Crippen LogP contribution in [-0.2, 0) is 9.53 Å². The Labute approximate surface area is 134 Å². The number of fused-ring (bicyclic) bond motifs is 1. The second-order valence-electron chi connectivity index (χ2n) is 6.11. The minimum absolute atomic E-state index is 0.117. The monoisotopic (exact) mass is 316 g/mol. The predicted octanol–water partition coefficient (Wildman–Crippen LogP) is 3.01. The summed E-state index contributed by atoms with van der Waals surface area (Å²) in [5.74, 6) is -0.266. The fourth-order valence-corrected chi connectivity index (χ4v) is 2.03. The van der Waals surface area contributed by atoms with Crippen LogP contribution >= 0.6 is 0 Å². The Bertz CT molecular complexity index is 735. The van der Waals surface area contributed by atoms with Crippen molar-refractivity contribution in [3.8, 4) is 5.75 Å². The van der Waals surface area contributed by atoms with Crippen molar-refractivity contribution in [3.05, 3.63) is 36.4 Å². The molecule has 6 heteroatoms. The Hall–Kier alpha value is -2.76. The van der Waals surface area contributed by atoms with E-state index in [1.165, 1.54) is 0 Å². The SMILES string of the molecule is CC(C)(C)OC(=O)NCC(=O)Nc1cccc2ccc(O)cc12. The number of hydrogen-bond acceptors (Lipinski definition) is 4. The smallest absolute Gasteiger partial charge is 0.408 e. The summed E-state index contributed by atoms with van der Waals surface area (Å²) in [6.45, 7) is 5.03. The summed E-state index contributed by atoms with van der Waals surface area (Å²) < 4.78 is 5.06. The summed E-state index contributed by atoms with van der Waals surface area (Å²) in [5.41, 5.74) is -0.0531. The van der Waals surface area contributed by atoms with Crippen LogP contribution in [0.5, 0.6) is 5.75 Å². The molecule has 6 nitrogen and oxygen atoms in total. The molecule has 0 unspecified atom stereocenters. The van der Waals surface area contributed by atoms with Crippen molar-refractivity contribution in [2.75, 3.05) is 11.9 Å². The van der Waals surface area contributed by atoms with E-state index in [1.54, 1.807) is 51.1 Å². The van der Waals surface area contributed by atoms with Crippen molar-refractivity contribution in [2.45, 2.75) is 26.4 Å². The number of amides is 2. The van der Waals surface area contributed by atoms with Gasteiger partial charge in [0.1, 0.15) is 17.9 Å². The summed E-state index contributed by atoms with van der Waals surface area (Å²) in [6, 6.07) is 10.3. The lowest BCUT2D eigenvalue weighted by molar-refractivity contribution is -0.115. The van der Waals surface area contributed by atoms with Crippen molar-refractivity contribution < 1.29 is 19.4 Å². The molecule has 0 saturated carbocycles. The molecule has 122 valence electrons. The molecule has 0 atom stereocenters. The van der Waals surface area contributed by atoms with Gasteiger partial charge in [0.25, 0.3) is 0 Å². The second kappa shape index (κ2) is 6.56. The molecule has 0 aliphatic rings. The minimum atomic E-state index is -0.650. The normalized spacial score (nSPS) is 11.1. The molecule has 0 aliphatic carbocycles. The van der Waals surface area contributed by atoms with Crippen molar-refractivity contribution in [1.82, 2.24) is 5.32 Å². The summed E-state index contributed by atoms with van der Waals surface area (Å²) in [7, 11) is 0. The van der Waals surface area contributed by atoms with Crippen LogP contribution in [-0.4, -0.2) is 29.3 Å². The number of rotatable bonds is 3. The molecule has 0 spiro atoms. The third-order valence-electron chi connectivity index (χ3n) is 2.93. The van der Waals surface area contributed by atoms with Crippen molar-refractivity contribution in [3.63, 3.8) is 0 Å². The maximum Gasteiger partial charge on any atom is 0.408 e. The predicted molar refractivity (Wildman–Crippen MR) is 88.5 cm³/mol. The first-order valence-electron chi connectivity index (χ1n) is 7.23. The largest absolute Gasteiger partial charge is 0.508 e. The number of carbonyl (C=O) groups excluding carboxylic acids is 2. The number of carbonyl (C=O) groups is 2. The maximum atomic E-state index is 12.0. The molecular weight excluding hydrogens is 296 g/mol. The summed E-state index contributed by atoms with van der Waals surface area (Å²) in [5, 5.41) is 16.3. The highest BCUT2D eigenvalue weighted by molar-refractivity contribution is 6.03. The molecule has 0 aromatic heterocycles. The second-order valence-corrected chi connectivity index (χ2v) is 6.11. The average Bonchev–Trinajstić information content (AvgIpc) is 2.44. The number of alkyl carbamates (subject to hydrolysis) is 1. The molecule has 0 fully saturated rings. The molecule has 2 aromatic rings. The maximum absolute atomic E-state index is 12.0. The first-order valence-corrected chi connectivity index (χ1v) is 7.23. The number of nitrogens with one attached hydrogen (secondary N) is 2. The van der Waals surface area contributed by atoms with Crippen LogP contribution in [0.1, 0.15) is 20.8 Å². The van der Waals surface area contributed by atoms with Gasteiger partial charge >= 0.3 is 6.09 Å². The van der Waals surface area contributed by atoms with Crippen LogP contribution in [0.3, 0.4) is 0 Å². The van der Waals surface area contributed by atoms with Gasteiger partial charge in [0.15, 0.2) is 0 Å². The molecular formula is C17H20N2O4. The van der Waals surface area contributed by atoms with Crippen LogP contribution in [0.4, 0.5) is 10.5 Å². The highest BCUT2D eigenvalue weighted by Gasteiger charge is 2.16. The number of hydrogen-bond donors (Lipinski definition) is 3. The fraction of sp³-hybridized carbons (Fsp3) is 0.294. The van der Waals surface area contributed by atoms with Crippen LogP contribution in [0.25, 0.3) is 10.8 Å². The van der Waals surface area contributed by atoms with E-state index in [1.807, 2.05) is 6.07 Å². The Morgan fingerprint density at radius 2 is 1.91 bits per heavy atom. The first kappa shape index (κ1) is 16.6. The van der Waals surface area contributed by atoms with E-state index in [-0.39, 0.29) is 18.2 Å². The van der Waals surface area contributed by atoms with Gasteiger partial charge in [-0.1, -0.05) is 18.2 Å². The van der Waals surface area contributed by atoms with Gasteiger partial charge in [-0.2, -0.15) is 0 Å². The molecule has 0 bridgehead atoms. The van der Waals surface area contributed by atoms with Crippen molar-refractivity contribution in [2.24, 2.45) is 0 Å². The summed E-state index contributed by atoms with van der Waals surface area (Å²) in [6.07, 6.45) is -0.650. The van der Waals surface area contributed by atoms with E-state index >= 15 is 0 Å². The number of aromatic hydroxyl groups is 1. The fourth-order valence-electron chi connectivity index (χ4n) is 2.03. The van der Waals surface area contributed by atoms with Gasteiger partial charge in [-0.05, 0) is 44.4 Å². The molecule has 0 aliphatic heterocycles. The van der Waals surface area contributed by atoms with Crippen molar-refractivity contribution >= 4 is 28.5 Å². The van der Waals surface area contributed by atoms with E-state index in [4.69, 9.17) is 4.74 Å². The zero-order valence-electron chi connectivity index (χ0n) is 13.3. The number of ether oxygens (including phenoxy) is 1. The van der Waals surface area contributed by atoms with Crippen LogP contribution in [0.2, 0.25) is 0 Å². The number of phenols is 1. The molecule has 3 N–H and O–H groups in total. The van der Waals surface area contributed by atoms with Gasteiger partial charge in [0, 0.05) is 11.1 Å². The first-order chi connectivity index (χ1) is 10.7. The topological polar surface area (TPSA) is 87.7 Å². The number of benzene rings is 2. The van der Waals surface area contributed by atoms with Gasteiger partial charge in [0.05, 0.1) is 0 Å². The molecule has 0 saturated heterocycles. The summed E-state index contributed by atoms with van der Waals surface area (Å²) >= 11 is 0. The molecule has 2 aromatic carbocycles. The lowest BCUT2D eigenvalue weighted by Crippen LogP contribution is -2.37. The van der Waals surface area contributed by atoms with Gasteiger partial charge in [-0.3, -0.25) is 4.79 Å². The zero-order chi connectivity index (χ0) is 17.0. The van der Waals surface area contributed by atoms with Gasteiger partial charge in [-0.15, -0.1) is 0 Å². The molecule has 23 heavy (non-hydrogen) atoms. The molecule has 0 heterocycles. The standard InChI is InChI=1S/C17H20N2O4/c1-17(2,3)23-16(22)18-10-15(21)19-14-6-4-5-11-7-8-12(20)9-13(11)14/h4-9,20H,10H2,1-3H3,(H,18,22)(H,19,21). The Kier molecular flexibility index (Phi) is 4.74. The third kappa shape index (κ3) is 4.88. The third-order valence-corrected chi connectivity index (χ3v) is 2.93. The summed E-state index contributed by atoms with van der Waals surface area (Å²) in [4.78, 5) is 23.5. The van der Waals surface area contributed by atoms with E-state index < -0.39 is 11.7 Å². The lowest BCUT2D eigenvalue weighted by atomic mass is 10.1. The average molecular weight is 316 g/mol. The molecule has 0 radical (unpaired) electrons. The Balaban J connectivity index is 2.01. The van der Waals surface area contributed by atoms with E-state index in [0.29, 0.717) is 5.69 Å². The highest BCUT2D eigenvalue weighted by Crippen LogP contribution is 2.26. The minimum Gasteiger partial charge on any atom is -0.508 e. The van der Waals surface area contributed by atoms with Crippen LogP contribution < -0.4 is 10.6 Å². The zero-order valence-corrected chi connectivity index (χ0v) is 13.3. The van der Waals surface area contributed by atoms with Gasteiger partial charge in [0.2, 0.25) is 5.91 Å². The van der Waals surface area contributed by atoms with E-state index in [0.717, 1.165) is 10.8 Å². The molecule has 2 amide bonds. The van der Waals surface area contributed by atoms with Crippen LogP contribution in [0, 0.1) is 0 Å². The van der Waals surface area contributed by atoms with Gasteiger partial charge in [-0.25, -0.2) is 4.79 Å². The number of anilines is 1.